The number of hydrogen-bond acceptors (Lipinski definition) is 4. The minimum Gasteiger partial charge on any atom is -0.398 e. The monoisotopic (exact) mass is 215 g/mol. The zero-order chi connectivity index (χ0) is 10.8. The Morgan fingerprint density at radius 1 is 1.57 bits per heavy atom. The molecule has 1 heterocycles. The van der Waals surface area contributed by atoms with Gasteiger partial charge in [-0.05, 0) is 38.3 Å². The molecular weight excluding hydrogens is 202 g/mol. The van der Waals surface area contributed by atoms with Crippen LogP contribution in [0.3, 0.4) is 0 Å². The van der Waals surface area contributed by atoms with Crippen LogP contribution in [0.1, 0.15) is 20.8 Å². The fourth-order valence-electron chi connectivity index (χ4n) is 0.725. The van der Waals surface area contributed by atoms with Crippen molar-refractivity contribution < 1.29 is 14.7 Å². The van der Waals surface area contributed by atoms with E-state index in [9.17, 15) is 10.0 Å². The van der Waals surface area contributed by atoms with Crippen molar-refractivity contribution in [3.63, 3.8) is 0 Å². The Kier molecular flexibility index (Phi) is 3.13. The first kappa shape index (κ1) is 11.0. The number of hydrogen-bond donors (Lipinski definition) is 1. The van der Waals surface area contributed by atoms with Crippen LogP contribution < -0.4 is 4.74 Å². The maximum atomic E-state index is 11.3. The maximum Gasteiger partial charge on any atom is 0.440 e. The SMILES string of the molecule is CC(C)(C)N(O)C(=O)Oc1cccs1. The Balaban J connectivity index is 2.59. The van der Waals surface area contributed by atoms with E-state index in [4.69, 9.17) is 4.74 Å². The lowest BCUT2D eigenvalue weighted by molar-refractivity contribution is -0.120. The summed E-state index contributed by atoms with van der Waals surface area (Å²) in [7, 11) is 0. The smallest absolute Gasteiger partial charge is 0.398 e. The predicted octanol–water partition coefficient (Wildman–Crippen LogP) is 2.74. The topological polar surface area (TPSA) is 49.8 Å². The van der Waals surface area contributed by atoms with Gasteiger partial charge in [-0.15, -0.1) is 11.3 Å². The van der Waals surface area contributed by atoms with Gasteiger partial charge in [-0.3, -0.25) is 5.21 Å². The average molecular weight is 215 g/mol. The molecule has 0 aromatic carbocycles. The summed E-state index contributed by atoms with van der Waals surface area (Å²) in [6.07, 6.45) is -0.764. The molecule has 1 aromatic heterocycles. The van der Waals surface area contributed by atoms with Crippen LogP contribution in [-0.4, -0.2) is 21.9 Å². The molecule has 1 amide bonds. The number of rotatable bonds is 1. The summed E-state index contributed by atoms with van der Waals surface area (Å²) in [5, 5.41) is 12.3. The maximum absolute atomic E-state index is 11.3. The van der Waals surface area contributed by atoms with E-state index in [1.54, 1.807) is 38.3 Å². The van der Waals surface area contributed by atoms with Gasteiger partial charge in [0.1, 0.15) is 0 Å². The van der Waals surface area contributed by atoms with Gasteiger partial charge in [0.25, 0.3) is 0 Å². The van der Waals surface area contributed by atoms with Crippen LogP contribution in [0.5, 0.6) is 5.06 Å². The fourth-order valence-corrected chi connectivity index (χ4v) is 1.29. The third kappa shape index (κ3) is 2.71. The Bertz CT molecular complexity index is 302. The van der Waals surface area contributed by atoms with Crippen LogP contribution in [0.4, 0.5) is 4.79 Å². The van der Waals surface area contributed by atoms with Crippen LogP contribution in [-0.2, 0) is 0 Å². The second kappa shape index (κ2) is 3.98. The minimum absolute atomic E-state index is 0.471. The summed E-state index contributed by atoms with van der Waals surface area (Å²) in [4.78, 5) is 11.3. The standard InChI is InChI=1S/C9H13NO3S/c1-9(2,3)10(12)8(11)13-7-5-4-6-14-7/h4-6,12H,1-3H3. The van der Waals surface area contributed by atoms with E-state index in [0.29, 0.717) is 10.1 Å². The van der Waals surface area contributed by atoms with E-state index in [-0.39, 0.29) is 0 Å². The molecule has 4 nitrogen and oxygen atoms in total. The molecule has 0 aliphatic heterocycles. The number of carbonyl (C=O) groups excluding carboxylic acids is 1. The van der Waals surface area contributed by atoms with Gasteiger partial charge in [0.15, 0.2) is 5.06 Å². The van der Waals surface area contributed by atoms with E-state index in [0.717, 1.165) is 0 Å². The molecule has 0 saturated heterocycles. The molecule has 5 heteroatoms. The van der Waals surface area contributed by atoms with Crippen LogP contribution in [0.15, 0.2) is 17.5 Å². The predicted molar refractivity (Wildman–Crippen MR) is 53.7 cm³/mol. The average Bonchev–Trinajstić information content (AvgIpc) is 2.53. The first-order chi connectivity index (χ1) is 6.41. The second-order valence-electron chi connectivity index (χ2n) is 3.78. The van der Waals surface area contributed by atoms with Gasteiger partial charge in [-0.2, -0.15) is 5.06 Å². The molecule has 0 unspecified atom stereocenters. The zero-order valence-corrected chi connectivity index (χ0v) is 9.17. The highest BCUT2D eigenvalue weighted by atomic mass is 32.1. The molecule has 78 valence electrons. The van der Waals surface area contributed by atoms with Gasteiger partial charge in [0, 0.05) is 0 Å². The Morgan fingerprint density at radius 3 is 2.64 bits per heavy atom. The van der Waals surface area contributed by atoms with Crippen molar-refractivity contribution in [1.29, 1.82) is 0 Å². The zero-order valence-electron chi connectivity index (χ0n) is 8.35. The van der Waals surface area contributed by atoms with Gasteiger partial charge in [-0.1, -0.05) is 0 Å². The molecule has 0 atom stereocenters. The quantitative estimate of drug-likeness (QED) is 0.579. The van der Waals surface area contributed by atoms with Gasteiger partial charge in [0.2, 0.25) is 0 Å². The molecule has 1 rings (SSSR count). The molecule has 14 heavy (non-hydrogen) atoms. The van der Waals surface area contributed by atoms with Crippen LogP contribution >= 0.6 is 11.3 Å². The lowest BCUT2D eigenvalue weighted by atomic mass is 10.1. The molecule has 0 bridgehead atoms. The fraction of sp³-hybridized carbons (Fsp3) is 0.444. The number of amides is 1. The lowest BCUT2D eigenvalue weighted by Crippen LogP contribution is -2.44. The van der Waals surface area contributed by atoms with Crippen molar-refractivity contribution in [1.82, 2.24) is 5.06 Å². The molecule has 0 aliphatic carbocycles. The Morgan fingerprint density at radius 2 is 2.21 bits per heavy atom. The summed E-state index contributed by atoms with van der Waals surface area (Å²) < 4.78 is 4.90. The van der Waals surface area contributed by atoms with Crippen molar-refractivity contribution in [2.75, 3.05) is 0 Å². The van der Waals surface area contributed by atoms with Crippen molar-refractivity contribution in [3.8, 4) is 5.06 Å². The van der Waals surface area contributed by atoms with Crippen molar-refractivity contribution in [3.05, 3.63) is 17.5 Å². The molecule has 1 N–H and O–H groups in total. The Hall–Kier alpha value is -1.07. The molecule has 0 radical (unpaired) electrons. The normalized spacial score (nSPS) is 11.1. The van der Waals surface area contributed by atoms with Crippen molar-refractivity contribution in [2.24, 2.45) is 0 Å². The van der Waals surface area contributed by atoms with E-state index < -0.39 is 11.6 Å². The van der Waals surface area contributed by atoms with Crippen LogP contribution in [0.2, 0.25) is 0 Å². The van der Waals surface area contributed by atoms with Gasteiger partial charge >= 0.3 is 6.09 Å². The second-order valence-corrected chi connectivity index (χ2v) is 4.69. The van der Waals surface area contributed by atoms with E-state index in [1.807, 2.05) is 0 Å². The highest BCUT2D eigenvalue weighted by Crippen LogP contribution is 2.20. The first-order valence-electron chi connectivity index (χ1n) is 4.15. The highest BCUT2D eigenvalue weighted by Gasteiger charge is 2.26. The van der Waals surface area contributed by atoms with Crippen LogP contribution in [0, 0.1) is 0 Å². The third-order valence-corrected chi connectivity index (χ3v) is 2.24. The van der Waals surface area contributed by atoms with E-state index in [1.165, 1.54) is 11.3 Å². The number of hydroxylamine groups is 2. The summed E-state index contributed by atoms with van der Waals surface area (Å²) in [5.74, 6) is 0. The molecule has 0 aliphatic rings. The number of carbonyl (C=O) groups is 1. The summed E-state index contributed by atoms with van der Waals surface area (Å²) in [6, 6.07) is 3.44. The molecular formula is C9H13NO3S. The Labute approximate surface area is 86.7 Å². The molecule has 0 fully saturated rings. The van der Waals surface area contributed by atoms with Crippen LogP contribution in [0.25, 0.3) is 0 Å². The van der Waals surface area contributed by atoms with Gasteiger partial charge in [-0.25, -0.2) is 4.79 Å². The van der Waals surface area contributed by atoms with E-state index in [2.05, 4.69) is 0 Å². The van der Waals surface area contributed by atoms with Gasteiger partial charge < -0.3 is 4.74 Å². The molecule has 0 saturated carbocycles. The van der Waals surface area contributed by atoms with Crippen molar-refractivity contribution in [2.45, 2.75) is 26.3 Å². The third-order valence-electron chi connectivity index (χ3n) is 1.49. The highest BCUT2D eigenvalue weighted by molar-refractivity contribution is 7.11. The molecule has 0 spiro atoms. The lowest BCUT2D eigenvalue weighted by Gasteiger charge is -2.27. The minimum atomic E-state index is -0.764. The largest absolute Gasteiger partial charge is 0.440 e. The van der Waals surface area contributed by atoms with Crippen molar-refractivity contribution >= 4 is 17.4 Å². The number of thiophene rings is 1. The van der Waals surface area contributed by atoms with Gasteiger partial charge in [0.05, 0.1) is 5.54 Å². The first-order valence-corrected chi connectivity index (χ1v) is 5.03. The summed E-state index contributed by atoms with van der Waals surface area (Å²) in [6.45, 7) is 5.13. The summed E-state index contributed by atoms with van der Waals surface area (Å²) in [5.41, 5.74) is -0.658. The molecule has 1 aromatic rings. The number of nitrogens with zero attached hydrogens (tertiary/aromatic N) is 1. The summed E-state index contributed by atoms with van der Waals surface area (Å²) >= 11 is 1.30. The number of ether oxygens (including phenoxy) is 1. The van der Waals surface area contributed by atoms with E-state index >= 15 is 0 Å².